The highest BCUT2D eigenvalue weighted by atomic mass is 31.1. The van der Waals surface area contributed by atoms with Crippen molar-refractivity contribution in [2.75, 3.05) is 57.5 Å². The van der Waals surface area contributed by atoms with Crippen LogP contribution in [0.4, 0.5) is 14.6 Å². The second-order valence-corrected chi connectivity index (χ2v) is 12.9. The van der Waals surface area contributed by atoms with Crippen molar-refractivity contribution < 1.29 is 31.9 Å². The molecular formula is C34H35F2N5O5P+. The molecule has 3 saturated heterocycles. The van der Waals surface area contributed by atoms with Gasteiger partial charge in [0.05, 0.1) is 23.1 Å². The zero-order chi connectivity index (χ0) is 32.5. The van der Waals surface area contributed by atoms with E-state index in [0.717, 1.165) is 45.2 Å². The monoisotopic (exact) mass is 662 g/mol. The van der Waals surface area contributed by atoms with Crippen molar-refractivity contribution in [1.82, 2.24) is 19.9 Å². The number of ether oxygens (including phenoxy) is 2. The summed E-state index contributed by atoms with van der Waals surface area (Å²) in [6, 6.07) is 5.78. The summed E-state index contributed by atoms with van der Waals surface area (Å²) in [7, 11) is -2.51. The van der Waals surface area contributed by atoms with Gasteiger partial charge in [0.1, 0.15) is 36.1 Å². The van der Waals surface area contributed by atoms with Gasteiger partial charge in [0.2, 0.25) is 0 Å². The van der Waals surface area contributed by atoms with Crippen molar-refractivity contribution >= 4 is 35.7 Å². The largest absolute Gasteiger partial charge is 0.750 e. The van der Waals surface area contributed by atoms with Gasteiger partial charge >= 0.3 is 14.3 Å². The number of halogens is 2. The molecule has 4 aromatic rings. The summed E-state index contributed by atoms with van der Waals surface area (Å²) in [5.74, 6) is 1.61. The zero-order valence-electron chi connectivity index (χ0n) is 26.1. The predicted octanol–water partition coefficient (Wildman–Crippen LogP) is 6.41. The smallest absolute Gasteiger partial charge is 0.461 e. The second kappa shape index (κ2) is 13.2. The van der Waals surface area contributed by atoms with Gasteiger partial charge in [-0.2, -0.15) is 9.97 Å². The van der Waals surface area contributed by atoms with Crippen LogP contribution in [0.2, 0.25) is 0 Å². The Morgan fingerprint density at radius 3 is 2.70 bits per heavy atom. The lowest BCUT2D eigenvalue weighted by atomic mass is 9.95. The molecule has 0 spiro atoms. The fourth-order valence-electron chi connectivity index (χ4n) is 7.14. The van der Waals surface area contributed by atoms with Crippen molar-refractivity contribution in [2.45, 2.75) is 44.6 Å². The second-order valence-electron chi connectivity index (χ2n) is 12.0. The van der Waals surface area contributed by atoms with Crippen molar-refractivity contribution in [3.05, 3.63) is 47.7 Å². The Kier molecular flexibility index (Phi) is 8.90. The third-order valence-corrected chi connectivity index (χ3v) is 10.1. The normalized spacial score (nSPS) is 18.3. The quantitative estimate of drug-likeness (QED) is 0.148. The van der Waals surface area contributed by atoms with Crippen molar-refractivity contribution in [1.29, 1.82) is 0 Å². The Bertz CT molecular complexity index is 1890. The average molecular weight is 663 g/mol. The van der Waals surface area contributed by atoms with Crippen LogP contribution in [0.5, 0.6) is 11.8 Å². The van der Waals surface area contributed by atoms with Gasteiger partial charge < -0.3 is 14.4 Å². The molecule has 5 heterocycles. The fourth-order valence-corrected chi connectivity index (χ4v) is 7.69. The minimum atomic E-state index is -2.51. The lowest BCUT2D eigenvalue weighted by molar-refractivity contribution is 0.108. The van der Waals surface area contributed by atoms with E-state index in [4.69, 9.17) is 29.9 Å². The van der Waals surface area contributed by atoms with E-state index < -0.39 is 19.9 Å². The maximum Gasteiger partial charge on any atom is 0.750 e. The Labute approximate surface area is 272 Å². The minimum Gasteiger partial charge on any atom is -0.461 e. The molecule has 13 heteroatoms. The van der Waals surface area contributed by atoms with Gasteiger partial charge in [-0.1, -0.05) is 12.0 Å². The van der Waals surface area contributed by atoms with E-state index in [1.807, 2.05) is 4.90 Å². The van der Waals surface area contributed by atoms with Gasteiger partial charge in [-0.3, -0.25) is 9.88 Å². The molecule has 244 valence electrons. The van der Waals surface area contributed by atoms with E-state index in [1.54, 1.807) is 13.0 Å². The van der Waals surface area contributed by atoms with E-state index in [9.17, 15) is 4.57 Å². The molecule has 1 atom stereocenters. The fraction of sp³-hybridized carbons (Fsp3) is 0.441. The molecule has 2 aromatic carbocycles. The lowest BCUT2D eigenvalue weighted by Gasteiger charge is -2.31. The van der Waals surface area contributed by atoms with E-state index in [1.165, 1.54) is 24.4 Å². The molecule has 0 N–H and O–H groups in total. The van der Waals surface area contributed by atoms with Crippen LogP contribution in [-0.4, -0.2) is 78.0 Å². The first-order valence-corrected chi connectivity index (χ1v) is 17.1. The number of nitrogens with zero attached hydrogens (tertiary/aromatic N) is 5. The topological polar surface area (TPSA) is 99.1 Å². The van der Waals surface area contributed by atoms with E-state index in [-0.39, 0.29) is 51.6 Å². The highest BCUT2D eigenvalue weighted by Crippen LogP contribution is 2.42. The molecule has 0 aliphatic carbocycles. The third kappa shape index (κ3) is 5.98. The average Bonchev–Trinajstić information content (AvgIpc) is 3.53. The number of rotatable bonds is 9. The summed E-state index contributed by atoms with van der Waals surface area (Å²) in [5.41, 5.74) is -0.0948. The molecule has 2 aromatic heterocycles. The number of benzene rings is 2. The van der Waals surface area contributed by atoms with Gasteiger partial charge in [-0.25, -0.2) is 13.3 Å². The number of aromatic nitrogens is 3. The molecular weight excluding hydrogens is 627 g/mol. The standard InChI is InChI=1S/C34H35F2N5O5P/c1-3-24-27(35)9-8-22-18-23(46-47(42)45-4-2)19-25(28(22)24)30-29(36)31-26(20-37-30)32(40-12-7-16-43-17-15-40)39-33(38-31)44-21-34-10-5-13-41(34)14-6-11-34/h1,8-9,18-20H,4-7,10-17,21H2,2H3/q+1. The molecule has 0 radical (unpaired) electrons. The molecule has 3 aliphatic rings. The number of hydrogen-bond acceptors (Lipinski definition) is 10. The molecule has 7 rings (SSSR count). The summed E-state index contributed by atoms with van der Waals surface area (Å²) in [4.78, 5) is 18.5. The van der Waals surface area contributed by atoms with Gasteiger partial charge in [0.15, 0.2) is 11.6 Å². The predicted molar refractivity (Wildman–Crippen MR) is 174 cm³/mol. The summed E-state index contributed by atoms with van der Waals surface area (Å²) in [5, 5.41) is 1.11. The highest BCUT2D eigenvalue weighted by molar-refractivity contribution is 7.33. The Hall–Kier alpha value is -4.01. The first-order valence-electron chi connectivity index (χ1n) is 16.0. The van der Waals surface area contributed by atoms with Crippen molar-refractivity contribution in [2.24, 2.45) is 0 Å². The van der Waals surface area contributed by atoms with Crippen LogP contribution in [0.3, 0.4) is 0 Å². The SMILES string of the molecule is C#Cc1c(F)ccc2cc(O[P+](=O)OCC)cc(-c3ncc4c(N5CCCOCC5)nc(OCC56CCCN5CCC6)nc4c3F)c12. The number of fused-ring (bicyclic) bond motifs is 3. The van der Waals surface area contributed by atoms with Crippen LogP contribution in [-0.2, 0) is 13.8 Å². The summed E-state index contributed by atoms with van der Waals surface area (Å²) < 4.78 is 67.0. The molecule has 0 saturated carbocycles. The molecule has 1 unspecified atom stereocenters. The lowest BCUT2D eigenvalue weighted by Crippen LogP contribution is -2.43. The first-order chi connectivity index (χ1) is 22.9. The Morgan fingerprint density at radius 2 is 1.91 bits per heavy atom. The van der Waals surface area contributed by atoms with Crippen molar-refractivity contribution in [3.8, 4) is 35.4 Å². The summed E-state index contributed by atoms with van der Waals surface area (Å²) in [6.07, 6.45) is 12.3. The molecule has 0 amide bonds. The number of terminal acetylenes is 1. The van der Waals surface area contributed by atoms with Crippen LogP contribution in [0, 0.1) is 24.0 Å². The molecule has 3 fully saturated rings. The van der Waals surface area contributed by atoms with Crippen molar-refractivity contribution in [3.63, 3.8) is 0 Å². The third-order valence-electron chi connectivity index (χ3n) is 9.30. The molecule has 47 heavy (non-hydrogen) atoms. The minimum absolute atomic E-state index is 0.00545. The first kappa shape index (κ1) is 31.6. The van der Waals surface area contributed by atoms with Gasteiger partial charge in [0.25, 0.3) is 0 Å². The van der Waals surface area contributed by atoms with Crippen LogP contribution in [0.25, 0.3) is 32.9 Å². The highest BCUT2D eigenvalue weighted by Gasteiger charge is 2.45. The van der Waals surface area contributed by atoms with Crippen LogP contribution >= 0.6 is 8.25 Å². The van der Waals surface area contributed by atoms with Gasteiger partial charge in [-0.05, 0) is 75.7 Å². The maximum atomic E-state index is 17.0. The Balaban J connectivity index is 1.39. The van der Waals surface area contributed by atoms with E-state index in [0.29, 0.717) is 49.5 Å². The van der Waals surface area contributed by atoms with Gasteiger partial charge in [-0.15, -0.1) is 10.9 Å². The maximum absolute atomic E-state index is 17.0. The van der Waals surface area contributed by atoms with Gasteiger partial charge in [0, 0.05) is 41.4 Å². The van der Waals surface area contributed by atoms with Crippen LogP contribution in [0.1, 0.15) is 44.6 Å². The van der Waals surface area contributed by atoms with E-state index in [2.05, 4.69) is 20.8 Å². The molecule has 10 nitrogen and oxygen atoms in total. The molecule has 3 aliphatic heterocycles. The number of hydrogen-bond donors (Lipinski definition) is 0. The van der Waals surface area contributed by atoms with E-state index >= 15 is 8.78 Å². The summed E-state index contributed by atoms with van der Waals surface area (Å²) in [6.45, 7) is 6.66. The van der Waals surface area contributed by atoms with Crippen LogP contribution < -0.4 is 14.2 Å². The zero-order valence-corrected chi connectivity index (χ0v) is 27.0. The number of pyridine rings is 1. The number of anilines is 1. The molecule has 0 bridgehead atoms. The van der Waals surface area contributed by atoms with Crippen LogP contribution in [0.15, 0.2) is 30.5 Å². The Morgan fingerprint density at radius 1 is 1.09 bits per heavy atom. The summed E-state index contributed by atoms with van der Waals surface area (Å²) >= 11 is 0.